The minimum atomic E-state index is -0.887. The highest BCUT2D eigenvalue weighted by Gasteiger charge is 2.31. The fraction of sp³-hybridized carbons (Fsp3) is 0.263. The van der Waals surface area contributed by atoms with Gasteiger partial charge in [-0.3, -0.25) is 14.5 Å². The number of ether oxygens (including phenoxy) is 1. The lowest BCUT2D eigenvalue weighted by atomic mass is 10.2. The number of thiocarbonyl (C=S) groups is 1. The van der Waals surface area contributed by atoms with Crippen LogP contribution in [0.1, 0.15) is 24.1 Å². The van der Waals surface area contributed by atoms with Crippen LogP contribution in [0.2, 0.25) is 0 Å². The Morgan fingerprint density at radius 2 is 2.07 bits per heavy atom. The summed E-state index contributed by atoms with van der Waals surface area (Å²) in [5.74, 6) is -0.320. The first-order chi connectivity index (χ1) is 13.4. The molecule has 0 saturated carbocycles. The van der Waals surface area contributed by atoms with E-state index in [2.05, 4.69) is 5.10 Å². The third-order valence-electron chi connectivity index (χ3n) is 4.30. The number of thioether (sulfide) groups is 1. The molecule has 0 aliphatic carbocycles. The normalized spacial score (nSPS) is 15.5. The molecule has 146 valence electrons. The third kappa shape index (κ3) is 4.26. The molecule has 1 fully saturated rings. The van der Waals surface area contributed by atoms with Gasteiger partial charge < -0.3 is 9.84 Å². The SMILES string of the molecule is COc1ccc(-n2ncc(/C=C3\SC(=S)N(CCCC(=O)O)C3=O)c2C)cc1. The molecule has 1 amide bonds. The lowest BCUT2D eigenvalue weighted by Gasteiger charge is -2.13. The molecule has 1 saturated heterocycles. The molecule has 2 aromatic rings. The number of methoxy groups -OCH3 is 1. The number of benzene rings is 1. The summed E-state index contributed by atoms with van der Waals surface area (Å²) >= 11 is 6.50. The summed E-state index contributed by atoms with van der Waals surface area (Å²) in [5.41, 5.74) is 2.60. The van der Waals surface area contributed by atoms with Crippen molar-refractivity contribution in [2.45, 2.75) is 19.8 Å². The van der Waals surface area contributed by atoms with Crippen molar-refractivity contribution in [3.8, 4) is 11.4 Å². The van der Waals surface area contributed by atoms with E-state index in [1.165, 1.54) is 16.7 Å². The quantitative estimate of drug-likeness (QED) is 0.547. The van der Waals surface area contributed by atoms with Crippen LogP contribution in [0.4, 0.5) is 0 Å². The van der Waals surface area contributed by atoms with Crippen molar-refractivity contribution in [1.82, 2.24) is 14.7 Å². The average molecular weight is 418 g/mol. The van der Waals surface area contributed by atoms with Crippen LogP contribution in [0.3, 0.4) is 0 Å². The lowest BCUT2D eigenvalue weighted by molar-refractivity contribution is -0.137. The summed E-state index contributed by atoms with van der Waals surface area (Å²) in [4.78, 5) is 25.2. The summed E-state index contributed by atoms with van der Waals surface area (Å²) in [7, 11) is 1.62. The number of aliphatic carboxylic acids is 1. The zero-order valence-corrected chi connectivity index (χ0v) is 17.0. The Labute approximate surface area is 172 Å². The molecule has 2 heterocycles. The highest BCUT2D eigenvalue weighted by Crippen LogP contribution is 2.33. The topological polar surface area (TPSA) is 84.7 Å². The number of carbonyl (C=O) groups is 2. The number of carbonyl (C=O) groups excluding carboxylic acids is 1. The summed E-state index contributed by atoms with van der Waals surface area (Å²) in [6, 6.07) is 7.53. The van der Waals surface area contributed by atoms with Crippen LogP contribution < -0.4 is 4.74 Å². The van der Waals surface area contributed by atoms with E-state index in [1.807, 2.05) is 31.2 Å². The van der Waals surface area contributed by atoms with Gasteiger partial charge in [-0.25, -0.2) is 4.68 Å². The number of hydrogen-bond donors (Lipinski definition) is 1. The predicted octanol–water partition coefficient (Wildman–Crippen LogP) is 3.26. The highest BCUT2D eigenvalue weighted by molar-refractivity contribution is 8.26. The Morgan fingerprint density at radius 3 is 2.71 bits per heavy atom. The third-order valence-corrected chi connectivity index (χ3v) is 5.68. The molecule has 1 aliphatic heterocycles. The molecular formula is C19H19N3O4S2. The van der Waals surface area contributed by atoms with Gasteiger partial charge in [-0.15, -0.1) is 0 Å². The second-order valence-electron chi connectivity index (χ2n) is 6.13. The van der Waals surface area contributed by atoms with Gasteiger partial charge >= 0.3 is 5.97 Å². The van der Waals surface area contributed by atoms with Gasteiger partial charge in [0.1, 0.15) is 10.1 Å². The predicted molar refractivity (Wildman–Crippen MR) is 112 cm³/mol. The maximum absolute atomic E-state index is 12.6. The minimum absolute atomic E-state index is 0.00382. The Balaban J connectivity index is 1.78. The monoisotopic (exact) mass is 417 g/mol. The Hall–Kier alpha value is -2.65. The maximum Gasteiger partial charge on any atom is 0.303 e. The maximum atomic E-state index is 12.6. The Bertz CT molecular complexity index is 951. The molecule has 28 heavy (non-hydrogen) atoms. The molecule has 0 bridgehead atoms. The van der Waals surface area contributed by atoms with Crippen LogP contribution >= 0.6 is 24.0 Å². The van der Waals surface area contributed by atoms with Crippen molar-refractivity contribution in [3.63, 3.8) is 0 Å². The number of aromatic nitrogens is 2. The minimum Gasteiger partial charge on any atom is -0.497 e. The molecular weight excluding hydrogens is 398 g/mol. The molecule has 9 heteroatoms. The van der Waals surface area contributed by atoms with E-state index in [0.29, 0.717) is 22.2 Å². The van der Waals surface area contributed by atoms with Crippen molar-refractivity contribution >= 4 is 46.3 Å². The van der Waals surface area contributed by atoms with Crippen molar-refractivity contribution in [3.05, 3.63) is 46.6 Å². The van der Waals surface area contributed by atoms with E-state index in [0.717, 1.165) is 22.7 Å². The second-order valence-corrected chi connectivity index (χ2v) is 7.80. The molecule has 1 aromatic heterocycles. The van der Waals surface area contributed by atoms with Crippen molar-refractivity contribution in [2.75, 3.05) is 13.7 Å². The molecule has 0 spiro atoms. The van der Waals surface area contributed by atoms with Gasteiger partial charge in [0.25, 0.3) is 5.91 Å². The fourth-order valence-corrected chi connectivity index (χ4v) is 4.07. The Kier molecular flexibility index (Phi) is 6.15. The highest BCUT2D eigenvalue weighted by atomic mass is 32.2. The summed E-state index contributed by atoms with van der Waals surface area (Å²) < 4.78 is 7.41. The van der Waals surface area contributed by atoms with E-state index in [-0.39, 0.29) is 12.3 Å². The molecule has 0 unspecified atom stereocenters. The van der Waals surface area contributed by atoms with Crippen LogP contribution in [0.5, 0.6) is 5.75 Å². The smallest absolute Gasteiger partial charge is 0.303 e. The van der Waals surface area contributed by atoms with E-state index in [9.17, 15) is 9.59 Å². The average Bonchev–Trinajstić information content (AvgIpc) is 3.16. The first-order valence-corrected chi connectivity index (χ1v) is 9.79. The van der Waals surface area contributed by atoms with E-state index >= 15 is 0 Å². The first-order valence-electron chi connectivity index (χ1n) is 8.57. The van der Waals surface area contributed by atoms with Gasteiger partial charge in [0.15, 0.2) is 0 Å². The second kappa shape index (κ2) is 8.57. The zero-order valence-electron chi connectivity index (χ0n) is 15.4. The van der Waals surface area contributed by atoms with Gasteiger partial charge in [-0.2, -0.15) is 5.10 Å². The van der Waals surface area contributed by atoms with Gasteiger partial charge in [0.2, 0.25) is 0 Å². The van der Waals surface area contributed by atoms with Crippen LogP contribution in [0, 0.1) is 6.92 Å². The number of amides is 1. The van der Waals surface area contributed by atoms with Crippen LogP contribution in [0.25, 0.3) is 11.8 Å². The first kappa shape index (κ1) is 20.1. The molecule has 0 atom stereocenters. The zero-order chi connectivity index (χ0) is 20.3. The number of nitrogens with zero attached hydrogens (tertiary/aromatic N) is 3. The standard InChI is InChI=1S/C19H19N3O4S2/c1-12-13(11-20-22(12)14-5-7-15(26-2)8-6-14)10-16-18(25)21(19(27)28-16)9-3-4-17(23)24/h5-8,10-11H,3-4,9H2,1-2H3,(H,23,24)/b16-10-. The van der Waals surface area contributed by atoms with E-state index < -0.39 is 5.97 Å². The summed E-state index contributed by atoms with van der Waals surface area (Å²) in [6.45, 7) is 2.23. The van der Waals surface area contributed by atoms with E-state index in [4.69, 9.17) is 22.1 Å². The molecule has 1 aliphatic rings. The summed E-state index contributed by atoms with van der Waals surface area (Å²) in [6.07, 6.45) is 3.85. The van der Waals surface area contributed by atoms with E-state index in [1.54, 1.807) is 24.1 Å². The number of rotatable bonds is 7. The number of carboxylic acid groups (broad SMARTS) is 1. The molecule has 3 rings (SSSR count). The van der Waals surface area contributed by atoms with Crippen molar-refractivity contribution in [1.29, 1.82) is 0 Å². The molecule has 0 radical (unpaired) electrons. The molecule has 7 nitrogen and oxygen atoms in total. The molecule has 1 aromatic carbocycles. The van der Waals surface area contributed by atoms with Crippen LogP contribution in [0.15, 0.2) is 35.4 Å². The van der Waals surface area contributed by atoms with Gasteiger partial charge in [-0.05, 0) is 43.7 Å². The Morgan fingerprint density at radius 1 is 1.36 bits per heavy atom. The van der Waals surface area contributed by atoms with Gasteiger partial charge in [0.05, 0.1) is 23.9 Å². The number of carboxylic acids is 1. The number of hydrogen-bond acceptors (Lipinski definition) is 6. The van der Waals surface area contributed by atoms with Gasteiger partial charge in [-0.1, -0.05) is 24.0 Å². The van der Waals surface area contributed by atoms with Crippen LogP contribution in [-0.2, 0) is 9.59 Å². The fourth-order valence-electron chi connectivity index (χ4n) is 2.77. The molecule has 1 N–H and O–H groups in total. The van der Waals surface area contributed by atoms with Crippen LogP contribution in [-0.4, -0.2) is 49.6 Å². The lowest BCUT2D eigenvalue weighted by Crippen LogP contribution is -2.29. The van der Waals surface area contributed by atoms with Crippen molar-refractivity contribution in [2.24, 2.45) is 0 Å². The van der Waals surface area contributed by atoms with Gasteiger partial charge in [0, 0.05) is 24.2 Å². The summed E-state index contributed by atoms with van der Waals surface area (Å²) in [5, 5.41) is 13.2. The van der Waals surface area contributed by atoms with Crippen molar-refractivity contribution < 1.29 is 19.4 Å². The largest absolute Gasteiger partial charge is 0.497 e.